The van der Waals surface area contributed by atoms with Gasteiger partial charge in [-0.05, 0) is 36.4 Å². The summed E-state index contributed by atoms with van der Waals surface area (Å²) in [6.45, 7) is 1.11. The van der Waals surface area contributed by atoms with Crippen LogP contribution in [0, 0.1) is 0 Å². The van der Waals surface area contributed by atoms with Crippen LogP contribution in [0.4, 0.5) is 23.1 Å². The third-order valence-corrected chi connectivity index (χ3v) is 4.38. The minimum absolute atomic E-state index is 0.436. The van der Waals surface area contributed by atoms with Crippen molar-refractivity contribution in [3.63, 3.8) is 0 Å². The van der Waals surface area contributed by atoms with E-state index in [1.807, 2.05) is 18.2 Å². The molecule has 0 saturated carbocycles. The van der Waals surface area contributed by atoms with Crippen LogP contribution in [0.5, 0.6) is 11.5 Å². The summed E-state index contributed by atoms with van der Waals surface area (Å²) >= 11 is 12.0. The van der Waals surface area contributed by atoms with Crippen molar-refractivity contribution in [1.29, 1.82) is 0 Å². The van der Waals surface area contributed by atoms with Gasteiger partial charge >= 0.3 is 0 Å². The molecule has 2 heterocycles. The second kappa shape index (κ2) is 7.27. The number of fused-ring (bicyclic) bond motifs is 1. The Kier molecular flexibility index (Phi) is 4.69. The van der Waals surface area contributed by atoms with Crippen LogP contribution >= 0.6 is 23.2 Å². The molecule has 8 heteroatoms. The van der Waals surface area contributed by atoms with E-state index in [-0.39, 0.29) is 0 Å². The number of benzene rings is 2. The smallest absolute Gasteiger partial charge is 0.229 e. The van der Waals surface area contributed by atoms with Crippen molar-refractivity contribution in [2.45, 2.75) is 0 Å². The average Bonchev–Trinajstić information content (AvgIpc) is 2.65. The number of halogens is 2. The van der Waals surface area contributed by atoms with E-state index >= 15 is 0 Å². The molecule has 0 amide bonds. The highest BCUT2D eigenvalue weighted by Gasteiger charge is 2.12. The van der Waals surface area contributed by atoms with Crippen molar-refractivity contribution in [2.75, 3.05) is 23.8 Å². The number of hydrogen-bond acceptors (Lipinski definition) is 6. The van der Waals surface area contributed by atoms with Crippen LogP contribution in [0.3, 0.4) is 0 Å². The van der Waals surface area contributed by atoms with Crippen LogP contribution in [0.1, 0.15) is 0 Å². The van der Waals surface area contributed by atoms with Gasteiger partial charge in [0.05, 0.1) is 10.0 Å². The van der Waals surface area contributed by atoms with Gasteiger partial charge in [-0.15, -0.1) is 0 Å². The molecular formula is C18H14Cl2N4O2. The molecule has 2 aromatic carbocycles. The van der Waals surface area contributed by atoms with Crippen LogP contribution in [0.2, 0.25) is 10.0 Å². The Bertz CT molecular complexity index is 952. The zero-order valence-electron chi connectivity index (χ0n) is 13.5. The standard InChI is InChI=1S/C18H14Cl2N4O2/c19-13-3-1-11(9-14(13)20)23-18-21-6-5-17(24-18)22-12-2-4-15-16(10-12)26-8-7-25-15/h1-6,9-10H,7-8H2,(H2,21,22,23,24). The third kappa shape index (κ3) is 3.76. The van der Waals surface area contributed by atoms with Gasteiger partial charge in [-0.3, -0.25) is 0 Å². The van der Waals surface area contributed by atoms with Gasteiger partial charge < -0.3 is 20.1 Å². The number of aromatic nitrogens is 2. The summed E-state index contributed by atoms with van der Waals surface area (Å²) in [4.78, 5) is 8.66. The van der Waals surface area contributed by atoms with E-state index in [0.29, 0.717) is 40.8 Å². The molecule has 0 saturated heterocycles. The van der Waals surface area contributed by atoms with Gasteiger partial charge in [0.2, 0.25) is 5.95 Å². The first kappa shape index (κ1) is 16.8. The number of ether oxygens (including phenoxy) is 2. The van der Waals surface area contributed by atoms with E-state index in [9.17, 15) is 0 Å². The topological polar surface area (TPSA) is 68.3 Å². The summed E-state index contributed by atoms with van der Waals surface area (Å²) in [6.07, 6.45) is 1.66. The zero-order chi connectivity index (χ0) is 17.9. The molecule has 0 unspecified atom stereocenters. The second-order valence-electron chi connectivity index (χ2n) is 5.50. The molecular weight excluding hydrogens is 375 g/mol. The maximum Gasteiger partial charge on any atom is 0.229 e. The predicted octanol–water partition coefficient (Wildman–Crippen LogP) is 5.04. The van der Waals surface area contributed by atoms with Crippen molar-refractivity contribution in [1.82, 2.24) is 9.97 Å². The normalized spacial score (nSPS) is 12.5. The molecule has 132 valence electrons. The second-order valence-corrected chi connectivity index (χ2v) is 6.32. The summed E-state index contributed by atoms with van der Waals surface area (Å²) in [7, 11) is 0. The van der Waals surface area contributed by atoms with E-state index in [1.54, 1.807) is 30.5 Å². The fourth-order valence-electron chi connectivity index (χ4n) is 2.46. The molecule has 26 heavy (non-hydrogen) atoms. The number of nitrogens with one attached hydrogen (secondary N) is 2. The van der Waals surface area contributed by atoms with Gasteiger partial charge in [0.25, 0.3) is 0 Å². The predicted molar refractivity (Wildman–Crippen MR) is 102 cm³/mol. The van der Waals surface area contributed by atoms with E-state index < -0.39 is 0 Å². The van der Waals surface area contributed by atoms with E-state index in [4.69, 9.17) is 32.7 Å². The monoisotopic (exact) mass is 388 g/mol. The Morgan fingerprint density at radius 1 is 0.808 bits per heavy atom. The molecule has 4 rings (SSSR count). The van der Waals surface area contributed by atoms with Gasteiger partial charge in [0.15, 0.2) is 11.5 Å². The minimum Gasteiger partial charge on any atom is -0.486 e. The van der Waals surface area contributed by atoms with Crippen LogP contribution < -0.4 is 20.1 Å². The molecule has 1 aromatic heterocycles. The SMILES string of the molecule is Clc1ccc(Nc2nccc(Nc3ccc4c(c3)OCCO4)n2)cc1Cl. The zero-order valence-corrected chi connectivity index (χ0v) is 15.0. The van der Waals surface area contributed by atoms with Crippen molar-refractivity contribution in [3.05, 3.63) is 58.7 Å². The maximum atomic E-state index is 6.03. The van der Waals surface area contributed by atoms with Crippen LogP contribution in [-0.2, 0) is 0 Å². The van der Waals surface area contributed by atoms with Gasteiger partial charge in [-0.25, -0.2) is 4.98 Å². The first-order valence-corrected chi connectivity index (χ1v) is 8.65. The number of hydrogen-bond donors (Lipinski definition) is 2. The number of nitrogens with zero attached hydrogens (tertiary/aromatic N) is 2. The fourth-order valence-corrected chi connectivity index (χ4v) is 2.76. The molecule has 1 aliphatic heterocycles. The first-order valence-electron chi connectivity index (χ1n) is 7.89. The summed E-state index contributed by atoms with van der Waals surface area (Å²) < 4.78 is 11.1. The molecule has 1 aliphatic rings. The number of anilines is 4. The van der Waals surface area contributed by atoms with Gasteiger partial charge in [0.1, 0.15) is 19.0 Å². The minimum atomic E-state index is 0.436. The Morgan fingerprint density at radius 2 is 1.58 bits per heavy atom. The highest BCUT2D eigenvalue weighted by Crippen LogP contribution is 2.33. The summed E-state index contributed by atoms with van der Waals surface area (Å²) in [6, 6.07) is 12.7. The Hall–Kier alpha value is -2.70. The fraction of sp³-hybridized carbons (Fsp3) is 0.111. The molecule has 0 aliphatic carbocycles. The third-order valence-electron chi connectivity index (χ3n) is 3.65. The molecule has 6 nitrogen and oxygen atoms in total. The quantitative estimate of drug-likeness (QED) is 0.652. The van der Waals surface area contributed by atoms with Crippen LogP contribution in [0.25, 0.3) is 0 Å². The van der Waals surface area contributed by atoms with Gasteiger partial charge in [-0.2, -0.15) is 4.98 Å². The summed E-state index contributed by atoms with van der Waals surface area (Å²) in [5.41, 5.74) is 1.59. The largest absolute Gasteiger partial charge is 0.486 e. The molecule has 0 radical (unpaired) electrons. The Labute approximate surface area is 160 Å². The molecule has 2 N–H and O–H groups in total. The molecule has 3 aromatic rings. The van der Waals surface area contributed by atoms with Crippen molar-refractivity contribution < 1.29 is 9.47 Å². The lowest BCUT2D eigenvalue weighted by Crippen LogP contribution is -2.15. The van der Waals surface area contributed by atoms with Crippen molar-refractivity contribution in [3.8, 4) is 11.5 Å². The summed E-state index contributed by atoms with van der Waals surface area (Å²) in [5, 5.41) is 7.28. The molecule has 0 fully saturated rings. The number of rotatable bonds is 4. The molecule has 0 atom stereocenters. The van der Waals surface area contributed by atoms with Crippen LogP contribution in [0.15, 0.2) is 48.7 Å². The van der Waals surface area contributed by atoms with E-state index in [1.165, 1.54) is 0 Å². The van der Waals surface area contributed by atoms with Gasteiger partial charge in [-0.1, -0.05) is 23.2 Å². The Balaban J connectivity index is 1.51. The van der Waals surface area contributed by atoms with E-state index in [0.717, 1.165) is 17.1 Å². The molecule has 0 bridgehead atoms. The first-order chi connectivity index (χ1) is 12.7. The van der Waals surface area contributed by atoms with Crippen molar-refractivity contribution in [2.24, 2.45) is 0 Å². The lowest BCUT2D eigenvalue weighted by atomic mass is 10.2. The Morgan fingerprint density at radius 3 is 2.42 bits per heavy atom. The molecule has 0 spiro atoms. The van der Waals surface area contributed by atoms with Crippen LogP contribution in [-0.4, -0.2) is 23.2 Å². The lowest BCUT2D eigenvalue weighted by Gasteiger charge is -2.19. The maximum absolute atomic E-state index is 6.03. The highest BCUT2D eigenvalue weighted by molar-refractivity contribution is 6.42. The lowest BCUT2D eigenvalue weighted by molar-refractivity contribution is 0.171. The highest BCUT2D eigenvalue weighted by atomic mass is 35.5. The van der Waals surface area contributed by atoms with Gasteiger partial charge in [0, 0.05) is 23.6 Å². The summed E-state index contributed by atoms with van der Waals surface area (Å²) in [5.74, 6) is 2.53. The average molecular weight is 389 g/mol. The van der Waals surface area contributed by atoms with E-state index in [2.05, 4.69) is 20.6 Å². The van der Waals surface area contributed by atoms with Crippen molar-refractivity contribution >= 4 is 46.3 Å².